The van der Waals surface area contributed by atoms with Crippen molar-refractivity contribution in [2.24, 2.45) is 0 Å². The van der Waals surface area contributed by atoms with Gasteiger partial charge in [-0.15, -0.1) is 11.8 Å². The minimum atomic E-state index is -0.409. The molecule has 2 heterocycles. The lowest BCUT2D eigenvalue weighted by molar-refractivity contribution is 0.0350. The summed E-state index contributed by atoms with van der Waals surface area (Å²) in [6.07, 6.45) is 4.94. The molecule has 0 saturated heterocycles. The first kappa shape index (κ1) is 17.5. The minimum Gasteiger partial charge on any atom is -0.367 e. The number of ether oxygens (including phenoxy) is 1. The summed E-state index contributed by atoms with van der Waals surface area (Å²) >= 11 is 7.72. The highest BCUT2D eigenvalue weighted by atomic mass is 35.5. The Morgan fingerprint density at radius 2 is 2.12 bits per heavy atom. The zero-order valence-corrected chi connectivity index (χ0v) is 15.2. The first-order chi connectivity index (χ1) is 12.6. The number of rotatable bonds is 5. The lowest BCUT2D eigenvalue weighted by atomic mass is 10.1. The van der Waals surface area contributed by atoms with Crippen molar-refractivity contribution in [3.8, 4) is 0 Å². The summed E-state index contributed by atoms with van der Waals surface area (Å²) in [4.78, 5) is 5.03. The molecular formula is C19H15ClF2N2OS. The molecule has 1 aliphatic rings. The Morgan fingerprint density at radius 3 is 2.88 bits per heavy atom. The van der Waals surface area contributed by atoms with Crippen LogP contribution in [0, 0.1) is 11.6 Å². The van der Waals surface area contributed by atoms with Crippen LogP contribution in [0.5, 0.6) is 0 Å². The van der Waals surface area contributed by atoms with Crippen LogP contribution >= 0.6 is 23.4 Å². The van der Waals surface area contributed by atoms with Crippen LogP contribution in [0.2, 0.25) is 5.02 Å². The highest BCUT2D eigenvalue weighted by Crippen LogP contribution is 2.47. The molecule has 2 atom stereocenters. The van der Waals surface area contributed by atoms with Gasteiger partial charge in [0.05, 0.1) is 24.3 Å². The van der Waals surface area contributed by atoms with Crippen molar-refractivity contribution in [3.63, 3.8) is 0 Å². The van der Waals surface area contributed by atoms with E-state index in [1.54, 1.807) is 42.5 Å². The summed E-state index contributed by atoms with van der Waals surface area (Å²) in [6, 6.07) is 9.22. The molecule has 2 aromatic carbocycles. The van der Waals surface area contributed by atoms with Gasteiger partial charge in [0, 0.05) is 34.4 Å². The van der Waals surface area contributed by atoms with Gasteiger partial charge in [0.25, 0.3) is 0 Å². The zero-order chi connectivity index (χ0) is 18.1. The van der Waals surface area contributed by atoms with Crippen molar-refractivity contribution < 1.29 is 13.5 Å². The van der Waals surface area contributed by atoms with Crippen LogP contribution < -0.4 is 0 Å². The number of thioether (sulfide) groups is 1. The maximum Gasteiger partial charge on any atom is 0.130 e. The summed E-state index contributed by atoms with van der Waals surface area (Å²) in [7, 11) is 0. The molecule has 0 bridgehead atoms. The third-order valence-corrected chi connectivity index (χ3v) is 5.99. The van der Waals surface area contributed by atoms with Crippen LogP contribution in [-0.2, 0) is 17.9 Å². The molecular weight excluding hydrogens is 378 g/mol. The molecule has 7 heteroatoms. The third-order valence-electron chi connectivity index (χ3n) is 4.31. The Balaban J connectivity index is 1.60. The maximum absolute atomic E-state index is 14.0. The minimum absolute atomic E-state index is 0.0200. The van der Waals surface area contributed by atoms with Crippen molar-refractivity contribution in [1.82, 2.24) is 9.55 Å². The highest BCUT2D eigenvalue weighted by Gasteiger charge is 2.35. The molecule has 0 spiro atoms. The summed E-state index contributed by atoms with van der Waals surface area (Å²) in [5.41, 5.74) is 1.10. The molecule has 26 heavy (non-hydrogen) atoms. The second-order valence-electron chi connectivity index (χ2n) is 6.03. The van der Waals surface area contributed by atoms with Crippen molar-refractivity contribution in [3.05, 3.63) is 82.9 Å². The molecule has 3 nitrogen and oxygen atoms in total. The second kappa shape index (κ2) is 7.39. The normalized spacial score (nSPS) is 18.9. The monoisotopic (exact) mass is 392 g/mol. The predicted octanol–water partition coefficient (Wildman–Crippen LogP) is 5.25. The maximum atomic E-state index is 14.0. The van der Waals surface area contributed by atoms with Crippen LogP contribution in [0.1, 0.15) is 17.2 Å². The Morgan fingerprint density at radius 1 is 1.23 bits per heavy atom. The van der Waals surface area contributed by atoms with E-state index in [1.165, 1.54) is 18.2 Å². The molecule has 0 fully saturated rings. The quantitative estimate of drug-likeness (QED) is 0.593. The second-order valence-corrected chi connectivity index (χ2v) is 7.72. The fourth-order valence-corrected chi connectivity index (χ4v) is 4.65. The molecule has 0 N–H and O–H groups in total. The third kappa shape index (κ3) is 3.49. The molecule has 1 aliphatic heterocycles. The summed E-state index contributed by atoms with van der Waals surface area (Å²) in [6.45, 7) is 0.670. The van der Waals surface area contributed by atoms with Gasteiger partial charge < -0.3 is 9.30 Å². The van der Waals surface area contributed by atoms with Crippen LogP contribution in [0.4, 0.5) is 8.78 Å². The van der Waals surface area contributed by atoms with Crippen LogP contribution in [0.25, 0.3) is 0 Å². The highest BCUT2D eigenvalue weighted by molar-refractivity contribution is 8.00. The largest absolute Gasteiger partial charge is 0.367 e. The SMILES string of the molecule is Fc1ccc2c(c1)[C@@H](OCc1c(F)cccc1Cl)[C@@H](Cn1ccnc1)S2. The lowest BCUT2D eigenvalue weighted by Gasteiger charge is -2.21. The average Bonchev–Trinajstić information content (AvgIpc) is 3.23. The Labute approximate surface area is 159 Å². The van der Waals surface area contributed by atoms with E-state index in [0.717, 1.165) is 10.5 Å². The molecule has 0 aliphatic carbocycles. The van der Waals surface area contributed by atoms with Gasteiger partial charge in [0.2, 0.25) is 0 Å². The van der Waals surface area contributed by atoms with Crippen molar-refractivity contribution in [1.29, 1.82) is 0 Å². The van der Waals surface area contributed by atoms with E-state index in [9.17, 15) is 8.78 Å². The van der Waals surface area contributed by atoms with Crippen LogP contribution in [0.15, 0.2) is 60.0 Å². The van der Waals surface area contributed by atoms with Gasteiger partial charge in [0.1, 0.15) is 11.6 Å². The number of aromatic nitrogens is 2. The van der Waals surface area contributed by atoms with Gasteiger partial charge >= 0.3 is 0 Å². The Bertz CT molecular complexity index is 900. The van der Waals surface area contributed by atoms with E-state index >= 15 is 0 Å². The van der Waals surface area contributed by atoms with E-state index in [4.69, 9.17) is 16.3 Å². The molecule has 0 radical (unpaired) electrons. The zero-order valence-electron chi connectivity index (χ0n) is 13.6. The molecule has 1 aromatic heterocycles. The topological polar surface area (TPSA) is 27.1 Å². The first-order valence-electron chi connectivity index (χ1n) is 8.08. The summed E-state index contributed by atoms with van der Waals surface area (Å²) < 4.78 is 35.8. The van der Waals surface area contributed by atoms with Gasteiger partial charge in [-0.1, -0.05) is 17.7 Å². The smallest absolute Gasteiger partial charge is 0.130 e. The molecule has 0 saturated carbocycles. The van der Waals surface area contributed by atoms with E-state index in [1.807, 2.05) is 10.8 Å². The van der Waals surface area contributed by atoms with Gasteiger partial charge in [-0.3, -0.25) is 0 Å². The first-order valence-corrected chi connectivity index (χ1v) is 9.34. The fraction of sp³-hybridized carbons (Fsp3) is 0.211. The van der Waals surface area contributed by atoms with E-state index in [2.05, 4.69) is 4.98 Å². The molecule has 0 unspecified atom stereocenters. The van der Waals surface area contributed by atoms with Gasteiger partial charge in [-0.2, -0.15) is 0 Å². The molecule has 3 aromatic rings. The summed E-state index contributed by atoms with van der Waals surface area (Å²) in [5, 5.41) is 0.341. The average molecular weight is 393 g/mol. The number of imidazole rings is 1. The van der Waals surface area contributed by atoms with Gasteiger partial charge in [-0.05, 0) is 35.9 Å². The van der Waals surface area contributed by atoms with Crippen molar-refractivity contribution in [2.45, 2.75) is 29.4 Å². The van der Waals surface area contributed by atoms with Crippen molar-refractivity contribution in [2.75, 3.05) is 0 Å². The summed E-state index contributed by atoms with van der Waals surface area (Å²) in [5.74, 6) is -0.723. The number of halogens is 3. The predicted molar refractivity (Wildman–Crippen MR) is 97.2 cm³/mol. The van der Waals surface area contributed by atoms with Gasteiger partial charge in [0.15, 0.2) is 0 Å². The number of fused-ring (bicyclic) bond motifs is 1. The van der Waals surface area contributed by atoms with Crippen LogP contribution in [0.3, 0.4) is 0 Å². The number of nitrogens with zero attached hydrogens (tertiary/aromatic N) is 2. The molecule has 4 rings (SSSR count). The van der Waals surface area contributed by atoms with E-state index < -0.39 is 5.82 Å². The van der Waals surface area contributed by atoms with Crippen molar-refractivity contribution >= 4 is 23.4 Å². The Kier molecular flexibility index (Phi) is 4.98. The molecule has 134 valence electrons. The van der Waals surface area contributed by atoms with Crippen LogP contribution in [-0.4, -0.2) is 14.8 Å². The van der Waals surface area contributed by atoms with Gasteiger partial charge in [-0.25, -0.2) is 13.8 Å². The molecule has 0 amide bonds. The van der Waals surface area contributed by atoms with E-state index in [0.29, 0.717) is 17.1 Å². The number of benzene rings is 2. The number of hydrogen-bond acceptors (Lipinski definition) is 3. The standard InChI is InChI=1S/C19H15ClF2N2OS/c20-15-2-1-3-16(22)14(15)10-25-19-13-8-12(21)4-5-17(13)26-18(19)9-24-7-6-23-11-24/h1-8,11,18-19H,9-10H2/t18-,19-/m1/s1. The lowest BCUT2D eigenvalue weighted by Crippen LogP contribution is -2.19. The number of hydrogen-bond donors (Lipinski definition) is 0. The van der Waals surface area contributed by atoms with E-state index in [-0.39, 0.29) is 23.8 Å². The Hall–Kier alpha value is -1.89. The fourth-order valence-electron chi connectivity index (χ4n) is 3.05.